The van der Waals surface area contributed by atoms with Crippen LogP contribution in [-0.2, 0) is 25.3 Å². The molecule has 0 atom stereocenters. The lowest BCUT2D eigenvalue weighted by Gasteiger charge is -2.29. The molecular weight excluding hydrogens is 502 g/mol. The van der Waals surface area contributed by atoms with Crippen LogP contribution >= 0.6 is 23.4 Å². The first-order valence-electron chi connectivity index (χ1n) is 12.8. The molecule has 1 aliphatic rings. The molecule has 0 N–H and O–H groups in total. The van der Waals surface area contributed by atoms with Crippen molar-refractivity contribution in [2.45, 2.75) is 56.6 Å². The minimum atomic E-state index is -0.0550. The molecule has 0 radical (unpaired) electrons. The van der Waals surface area contributed by atoms with Gasteiger partial charge in [-0.2, -0.15) is 0 Å². The summed E-state index contributed by atoms with van der Waals surface area (Å²) >= 11 is 7.70. The number of hydrogen-bond acceptors (Lipinski definition) is 4. The summed E-state index contributed by atoms with van der Waals surface area (Å²) in [6, 6.07) is 21.3. The zero-order chi connectivity index (χ0) is 25.8. The van der Waals surface area contributed by atoms with Crippen molar-refractivity contribution in [2.75, 3.05) is 6.54 Å². The molecule has 1 aromatic heterocycles. The van der Waals surface area contributed by atoms with E-state index in [1.165, 1.54) is 22.9 Å². The van der Waals surface area contributed by atoms with Crippen LogP contribution < -0.4 is 5.56 Å². The van der Waals surface area contributed by atoms with E-state index in [9.17, 15) is 9.59 Å². The molecule has 7 heteroatoms. The third-order valence-corrected chi connectivity index (χ3v) is 8.11. The maximum atomic E-state index is 13.5. The number of fused-ring (bicyclic) bond motifs is 2. The SMILES string of the molecule is CCCCCn1c(SCc2cccc(Cl)c2)nc2cc(C(=O)N3CCc4ccccc4C3)ccc2c1=O. The number of carbonyl (C=O) groups excluding carboxylic acids is 1. The fourth-order valence-corrected chi connectivity index (χ4v) is 5.97. The summed E-state index contributed by atoms with van der Waals surface area (Å²) in [4.78, 5) is 33.7. The fourth-order valence-electron chi connectivity index (χ4n) is 4.79. The van der Waals surface area contributed by atoms with Gasteiger partial charge in [-0.25, -0.2) is 4.98 Å². The Bertz CT molecular complexity index is 1500. The number of thioether (sulfide) groups is 1. The number of aromatic nitrogens is 2. The molecule has 0 saturated heterocycles. The number of benzene rings is 3. The summed E-state index contributed by atoms with van der Waals surface area (Å²) in [5.41, 5.74) is 4.64. The first-order valence-corrected chi connectivity index (χ1v) is 14.2. The molecule has 1 amide bonds. The molecule has 190 valence electrons. The van der Waals surface area contributed by atoms with E-state index in [1.54, 1.807) is 22.8 Å². The maximum Gasteiger partial charge on any atom is 0.262 e. The van der Waals surface area contributed by atoms with Gasteiger partial charge >= 0.3 is 0 Å². The van der Waals surface area contributed by atoms with E-state index < -0.39 is 0 Å². The van der Waals surface area contributed by atoms with Crippen LogP contribution in [0.3, 0.4) is 0 Å². The van der Waals surface area contributed by atoms with Crippen LogP contribution in [-0.4, -0.2) is 26.9 Å². The number of hydrogen-bond donors (Lipinski definition) is 0. The highest BCUT2D eigenvalue weighted by atomic mass is 35.5. The number of halogens is 1. The lowest BCUT2D eigenvalue weighted by atomic mass is 9.99. The standard InChI is InChI=1S/C30H30ClN3O2S/c1-2-3-6-15-34-29(36)26-13-12-23(28(35)33-16-14-22-9-4-5-10-24(22)19-33)18-27(26)32-30(34)37-20-21-8-7-11-25(31)17-21/h4-5,7-13,17-18H,2-3,6,14-16,19-20H2,1H3. The largest absolute Gasteiger partial charge is 0.334 e. The summed E-state index contributed by atoms with van der Waals surface area (Å²) in [5.74, 6) is 0.622. The van der Waals surface area contributed by atoms with Gasteiger partial charge in [-0.05, 0) is 59.9 Å². The van der Waals surface area contributed by atoms with Gasteiger partial charge < -0.3 is 4.90 Å². The van der Waals surface area contributed by atoms with Gasteiger partial charge in [0.25, 0.3) is 11.5 Å². The number of carbonyl (C=O) groups is 1. The summed E-state index contributed by atoms with van der Waals surface area (Å²) in [6.07, 6.45) is 3.89. The third kappa shape index (κ3) is 5.76. The second kappa shape index (κ2) is 11.5. The Morgan fingerprint density at radius 3 is 2.68 bits per heavy atom. The molecule has 0 saturated carbocycles. The predicted octanol–water partition coefficient (Wildman–Crippen LogP) is 6.73. The average molecular weight is 532 g/mol. The molecule has 5 nitrogen and oxygen atoms in total. The molecule has 3 aromatic carbocycles. The van der Waals surface area contributed by atoms with Gasteiger partial charge in [-0.15, -0.1) is 0 Å². The fraction of sp³-hybridized carbons (Fsp3) is 0.300. The second-order valence-electron chi connectivity index (χ2n) is 9.45. The van der Waals surface area contributed by atoms with Crippen LogP contribution in [0.1, 0.15) is 53.2 Å². The van der Waals surface area contributed by atoms with E-state index >= 15 is 0 Å². The Kier molecular flexibility index (Phi) is 7.96. The summed E-state index contributed by atoms with van der Waals surface area (Å²) in [6.45, 7) is 4.05. The Morgan fingerprint density at radius 2 is 1.86 bits per heavy atom. The Hall–Kier alpha value is -3.09. The van der Waals surface area contributed by atoms with Gasteiger partial charge in [-0.3, -0.25) is 14.2 Å². The van der Waals surface area contributed by atoms with Crippen LogP contribution in [0.15, 0.2) is 76.7 Å². The lowest BCUT2D eigenvalue weighted by molar-refractivity contribution is 0.0735. The maximum absolute atomic E-state index is 13.5. The van der Waals surface area contributed by atoms with Crippen molar-refractivity contribution in [1.82, 2.24) is 14.5 Å². The van der Waals surface area contributed by atoms with Crippen molar-refractivity contribution in [2.24, 2.45) is 0 Å². The molecule has 37 heavy (non-hydrogen) atoms. The molecule has 2 heterocycles. The number of rotatable bonds is 8. The van der Waals surface area contributed by atoms with Crippen LogP contribution in [0.5, 0.6) is 0 Å². The highest BCUT2D eigenvalue weighted by molar-refractivity contribution is 7.98. The highest BCUT2D eigenvalue weighted by Crippen LogP contribution is 2.26. The summed E-state index contributed by atoms with van der Waals surface area (Å²) in [5, 5.41) is 1.91. The molecule has 5 rings (SSSR count). The Balaban J connectivity index is 1.46. The van der Waals surface area contributed by atoms with E-state index in [0.29, 0.717) is 52.0 Å². The topological polar surface area (TPSA) is 55.2 Å². The quantitative estimate of drug-likeness (QED) is 0.144. The minimum Gasteiger partial charge on any atom is -0.334 e. The number of amides is 1. The number of nitrogens with zero attached hydrogens (tertiary/aromatic N) is 3. The van der Waals surface area contributed by atoms with Gasteiger partial charge in [0.2, 0.25) is 0 Å². The van der Waals surface area contributed by atoms with Crippen molar-refractivity contribution >= 4 is 40.2 Å². The Morgan fingerprint density at radius 1 is 1.03 bits per heavy atom. The van der Waals surface area contributed by atoms with Crippen LogP contribution in [0.25, 0.3) is 10.9 Å². The second-order valence-corrected chi connectivity index (χ2v) is 10.8. The van der Waals surface area contributed by atoms with Crippen molar-refractivity contribution in [3.05, 3.63) is 104 Å². The van der Waals surface area contributed by atoms with E-state index in [0.717, 1.165) is 31.2 Å². The van der Waals surface area contributed by atoms with Gasteiger partial charge in [0, 0.05) is 36.0 Å². The van der Waals surface area contributed by atoms with Crippen LogP contribution in [0.4, 0.5) is 0 Å². The van der Waals surface area contributed by atoms with Crippen molar-refractivity contribution in [3.63, 3.8) is 0 Å². The lowest BCUT2D eigenvalue weighted by Crippen LogP contribution is -2.36. The molecule has 0 unspecified atom stereocenters. The third-order valence-electron chi connectivity index (χ3n) is 6.83. The molecule has 0 aliphatic carbocycles. The summed E-state index contributed by atoms with van der Waals surface area (Å²) < 4.78 is 1.79. The molecular formula is C30H30ClN3O2S. The zero-order valence-electron chi connectivity index (χ0n) is 21.0. The van der Waals surface area contributed by atoms with Gasteiger partial charge in [0.1, 0.15) is 0 Å². The normalized spacial score (nSPS) is 13.1. The zero-order valence-corrected chi connectivity index (χ0v) is 22.5. The van der Waals surface area contributed by atoms with E-state index in [-0.39, 0.29) is 11.5 Å². The van der Waals surface area contributed by atoms with Gasteiger partial charge in [0.15, 0.2) is 5.16 Å². The molecule has 1 aliphatic heterocycles. The van der Waals surface area contributed by atoms with Crippen molar-refractivity contribution in [3.8, 4) is 0 Å². The monoisotopic (exact) mass is 531 g/mol. The first kappa shape index (κ1) is 25.6. The van der Waals surface area contributed by atoms with Gasteiger partial charge in [-0.1, -0.05) is 79.5 Å². The van der Waals surface area contributed by atoms with Crippen LogP contribution in [0.2, 0.25) is 5.02 Å². The molecule has 0 spiro atoms. The number of unbranched alkanes of at least 4 members (excludes halogenated alkanes) is 2. The van der Waals surface area contributed by atoms with E-state index in [1.807, 2.05) is 41.3 Å². The Labute approximate surface area is 226 Å². The molecule has 0 bridgehead atoms. The molecule has 4 aromatic rings. The summed E-state index contributed by atoms with van der Waals surface area (Å²) in [7, 11) is 0. The van der Waals surface area contributed by atoms with Gasteiger partial charge in [0.05, 0.1) is 10.9 Å². The highest BCUT2D eigenvalue weighted by Gasteiger charge is 2.22. The van der Waals surface area contributed by atoms with E-state index in [4.69, 9.17) is 16.6 Å². The predicted molar refractivity (Wildman–Crippen MR) is 151 cm³/mol. The van der Waals surface area contributed by atoms with Crippen molar-refractivity contribution < 1.29 is 4.79 Å². The van der Waals surface area contributed by atoms with E-state index in [2.05, 4.69) is 19.1 Å². The average Bonchev–Trinajstić information content (AvgIpc) is 2.92. The van der Waals surface area contributed by atoms with Crippen molar-refractivity contribution in [1.29, 1.82) is 0 Å². The smallest absolute Gasteiger partial charge is 0.262 e. The van der Waals surface area contributed by atoms with Crippen LogP contribution in [0, 0.1) is 0 Å². The first-order chi connectivity index (χ1) is 18.0. The minimum absolute atomic E-state index is 0.0292. The molecule has 0 fully saturated rings.